The summed E-state index contributed by atoms with van der Waals surface area (Å²) < 4.78 is 14.1. The minimum absolute atomic E-state index is 0.216. The van der Waals surface area contributed by atoms with Gasteiger partial charge in [-0.2, -0.15) is 0 Å². The number of rotatable bonds is 4. The van der Waals surface area contributed by atoms with E-state index in [1.54, 1.807) is 6.07 Å². The van der Waals surface area contributed by atoms with Gasteiger partial charge in [0, 0.05) is 22.9 Å². The average molecular weight is 328 g/mol. The molecule has 1 aromatic carbocycles. The molecule has 1 aliphatic rings. The molecular weight excluding hydrogens is 309 g/mol. The summed E-state index contributed by atoms with van der Waals surface area (Å²) >= 11 is 3.39. The highest BCUT2D eigenvalue weighted by molar-refractivity contribution is 9.10. The molecule has 0 bridgehead atoms. The van der Waals surface area contributed by atoms with Crippen LogP contribution in [-0.2, 0) is 11.2 Å². The third-order valence-electron chi connectivity index (χ3n) is 4.10. The molecule has 19 heavy (non-hydrogen) atoms. The van der Waals surface area contributed by atoms with Crippen LogP contribution < -0.4 is 5.32 Å². The van der Waals surface area contributed by atoms with Gasteiger partial charge in [-0.1, -0.05) is 22.9 Å². The Hall–Kier alpha value is -0.740. The third-order valence-corrected chi connectivity index (χ3v) is 4.87. The lowest BCUT2D eigenvalue weighted by atomic mass is 9.73. The second-order valence-electron chi connectivity index (χ2n) is 5.25. The molecule has 1 atom stereocenters. The van der Waals surface area contributed by atoms with Crippen LogP contribution in [-0.4, -0.2) is 18.9 Å². The average Bonchev–Trinajstić information content (AvgIpc) is 2.43. The minimum Gasteiger partial charge on any atom is -0.316 e. The Morgan fingerprint density at radius 3 is 2.95 bits per heavy atom. The van der Waals surface area contributed by atoms with Gasteiger partial charge in [-0.25, -0.2) is 4.39 Å². The summed E-state index contributed by atoms with van der Waals surface area (Å²) in [5.41, 5.74) is 0.465. The standard InChI is InChI=1S/C15H19BrFNO/c1-2-15(6-3-7-18-10-15)14(19)9-11-8-12(17)4-5-13(11)16/h4-5,8,18H,2-3,6-7,9-10H2,1H3. The van der Waals surface area contributed by atoms with Crippen LogP contribution in [0.15, 0.2) is 22.7 Å². The van der Waals surface area contributed by atoms with E-state index in [9.17, 15) is 9.18 Å². The topological polar surface area (TPSA) is 29.1 Å². The molecule has 0 aromatic heterocycles. The number of benzene rings is 1. The highest BCUT2D eigenvalue weighted by Gasteiger charge is 2.37. The maximum absolute atomic E-state index is 13.3. The zero-order chi connectivity index (χ0) is 13.9. The number of carbonyl (C=O) groups excluding carboxylic acids is 1. The Kier molecular flexibility index (Phi) is 4.74. The monoisotopic (exact) mass is 327 g/mol. The Labute approximate surface area is 121 Å². The first-order valence-corrected chi connectivity index (χ1v) is 7.55. The van der Waals surface area contributed by atoms with Crippen LogP contribution in [0.4, 0.5) is 4.39 Å². The van der Waals surface area contributed by atoms with Crippen molar-refractivity contribution >= 4 is 21.7 Å². The maximum Gasteiger partial charge on any atom is 0.144 e. The largest absolute Gasteiger partial charge is 0.316 e. The van der Waals surface area contributed by atoms with Crippen LogP contribution in [0.2, 0.25) is 0 Å². The van der Waals surface area contributed by atoms with Gasteiger partial charge in [0.25, 0.3) is 0 Å². The number of piperidine rings is 1. The molecule has 1 fully saturated rings. The summed E-state index contributed by atoms with van der Waals surface area (Å²) in [6.45, 7) is 3.79. The highest BCUT2D eigenvalue weighted by Crippen LogP contribution is 2.33. The van der Waals surface area contributed by atoms with Crippen LogP contribution in [0.3, 0.4) is 0 Å². The number of nitrogens with one attached hydrogen (secondary N) is 1. The summed E-state index contributed by atoms with van der Waals surface area (Å²) in [5, 5.41) is 3.31. The summed E-state index contributed by atoms with van der Waals surface area (Å²) in [6.07, 6.45) is 3.10. The van der Waals surface area contributed by atoms with E-state index in [2.05, 4.69) is 28.2 Å². The van der Waals surface area contributed by atoms with E-state index in [-0.39, 0.29) is 17.0 Å². The molecule has 2 nitrogen and oxygen atoms in total. The lowest BCUT2D eigenvalue weighted by Crippen LogP contribution is -2.45. The number of Topliss-reactive ketones (excluding diaryl/α,β-unsaturated/α-hetero) is 1. The number of halogens is 2. The Balaban J connectivity index is 2.17. The van der Waals surface area contributed by atoms with E-state index in [1.165, 1.54) is 12.1 Å². The highest BCUT2D eigenvalue weighted by atomic mass is 79.9. The van der Waals surface area contributed by atoms with Crippen molar-refractivity contribution in [1.82, 2.24) is 5.32 Å². The second-order valence-corrected chi connectivity index (χ2v) is 6.10. The fraction of sp³-hybridized carbons (Fsp3) is 0.533. The molecule has 0 saturated carbocycles. The molecule has 104 valence electrons. The second kappa shape index (κ2) is 6.14. The Morgan fingerprint density at radius 2 is 2.32 bits per heavy atom. The van der Waals surface area contributed by atoms with Crippen LogP contribution in [0.5, 0.6) is 0 Å². The first kappa shape index (κ1) is 14.7. The fourth-order valence-electron chi connectivity index (χ4n) is 2.74. The zero-order valence-corrected chi connectivity index (χ0v) is 12.7. The molecule has 0 amide bonds. The molecule has 1 saturated heterocycles. The maximum atomic E-state index is 13.3. The smallest absolute Gasteiger partial charge is 0.144 e. The SMILES string of the molecule is CCC1(C(=O)Cc2cc(F)ccc2Br)CCCNC1. The van der Waals surface area contributed by atoms with Crippen molar-refractivity contribution < 1.29 is 9.18 Å². The molecular formula is C15H19BrFNO. The van der Waals surface area contributed by atoms with E-state index >= 15 is 0 Å². The van der Waals surface area contributed by atoms with Crippen molar-refractivity contribution in [2.24, 2.45) is 5.41 Å². The van der Waals surface area contributed by atoms with E-state index < -0.39 is 0 Å². The van der Waals surface area contributed by atoms with Gasteiger partial charge in [0.1, 0.15) is 11.6 Å². The van der Waals surface area contributed by atoms with E-state index in [1.807, 2.05) is 0 Å². The summed E-state index contributed by atoms with van der Waals surface area (Å²) in [7, 11) is 0. The number of ketones is 1. The Bertz CT molecular complexity index is 469. The van der Waals surface area contributed by atoms with Crippen LogP contribution in [0.1, 0.15) is 31.7 Å². The van der Waals surface area contributed by atoms with Gasteiger partial charge in [0.2, 0.25) is 0 Å². The Morgan fingerprint density at radius 1 is 1.53 bits per heavy atom. The quantitative estimate of drug-likeness (QED) is 0.917. The molecule has 1 N–H and O–H groups in total. The van der Waals surface area contributed by atoms with Crippen molar-refractivity contribution in [2.45, 2.75) is 32.6 Å². The summed E-state index contributed by atoms with van der Waals surface area (Å²) in [6, 6.07) is 4.51. The predicted molar refractivity (Wildman–Crippen MR) is 77.6 cm³/mol. The predicted octanol–water partition coefficient (Wildman–Crippen LogP) is 3.48. The minimum atomic E-state index is -0.293. The van der Waals surface area contributed by atoms with Crippen molar-refractivity contribution in [3.63, 3.8) is 0 Å². The summed E-state index contributed by atoms with van der Waals surface area (Å²) in [5.74, 6) is -0.0770. The first-order chi connectivity index (χ1) is 9.07. The molecule has 1 aromatic rings. The van der Waals surface area contributed by atoms with Gasteiger partial charge in [-0.3, -0.25) is 4.79 Å². The van der Waals surface area contributed by atoms with E-state index in [4.69, 9.17) is 0 Å². The molecule has 0 aliphatic carbocycles. The molecule has 0 radical (unpaired) electrons. The zero-order valence-electron chi connectivity index (χ0n) is 11.1. The van der Waals surface area contributed by atoms with E-state index in [0.29, 0.717) is 6.42 Å². The molecule has 0 spiro atoms. The summed E-state index contributed by atoms with van der Waals surface area (Å²) in [4.78, 5) is 12.6. The molecule has 2 rings (SSSR count). The third kappa shape index (κ3) is 3.23. The normalized spacial score (nSPS) is 23.3. The van der Waals surface area contributed by atoms with Gasteiger partial charge >= 0.3 is 0 Å². The molecule has 1 heterocycles. The number of hydrogen-bond acceptors (Lipinski definition) is 2. The van der Waals surface area contributed by atoms with Gasteiger partial charge in [0.15, 0.2) is 0 Å². The number of hydrogen-bond donors (Lipinski definition) is 1. The molecule has 4 heteroatoms. The lowest BCUT2D eigenvalue weighted by molar-refractivity contribution is -0.129. The van der Waals surface area contributed by atoms with Gasteiger partial charge in [0.05, 0.1) is 0 Å². The fourth-order valence-corrected chi connectivity index (χ4v) is 3.13. The first-order valence-electron chi connectivity index (χ1n) is 6.75. The van der Waals surface area contributed by atoms with Gasteiger partial charge in [-0.05, 0) is 49.6 Å². The van der Waals surface area contributed by atoms with Gasteiger partial charge < -0.3 is 5.32 Å². The van der Waals surface area contributed by atoms with Crippen LogP contribution in [0, 0.1) is 11.2 Å². The van der Waals surface area contributed by atoms with Crippen molar-refractivity contribution in [3.8, 4) is 0 Å². The van der Waals surface area contributed by atoms with Crippen LogP contribution >= 0.6 is 15.9 Å². The molecule has 1 unspecified atom stereocenters. The van der Waals surface area contributed by atoms with Gasteiger partial charge in [-0.15, -0.1) is 0 Å². The van der Waals surface area contributed by atoms with Crippen LogP contribution in [0.25, 0.3) is 0 Å². The van der Waals surface area contributed by atoms with Crippen molar-refractivity contribution in [3.05, 3.63) is 34.1 Å². The molecule has 1 aliphatic heterocycles. The van der Waals surface area contributed by atoms with E-state index in [0.717, 1.165) is 42.4 Å². The van der Waals surface area contributed by atoms with Crippen molar-refractivity contribution in [1.29, 1.82) is 0 Å². The number of carbonyl (C=O) groups is 1. The van der Waals surface area contributed by atoms with Crippen molar-refractivity contribution in [2.75, 3.05) is 13.1 Å². The lowest BCUT2D eigenvalue weighted by Gasteiger charge is -2.35.